The van der Waals surface area contributed by atoms with Gasteiger partial charge in [-0.2, -0.15) is 4.31 Å². The summed E-state index contributed by atoms with van der Waals surface area (Å²) in [6.07, 6.45) is 1.11. The van der Waals surface area contributed by atoms with Crippen LogP contribution in [0.3, 0.4) is 0 Å². The van der Waals surface area contributed by atoms with Crippen molar-refractivity contribution in [3.8, 4) is 0 Å². The monoisotopic (exact) mass is 264 g/mol. The van der Waals surface area contributed by atoms with Crippen LogP contribution < -0.4 is 0 Å². The summed E-state index contributed by atoms with van der Waals surface area (Å²) in [5.74, 6) is -0.394. The molecule has 0 aromatic rings. The first kappa shape index (κ1) is 16.9. The van der Waals surface area contributed by atoms with Gasteiger partial charge >= 0.3 is 21.6 Å². The number of methoxy groups -OCH3 is 1. The van der Waals surface area contributed by atoms with Crippen molar-refractivity contribution < 1.29 is 42.5 Å². The highest BCUT2D eigenvalue weighted by atomic mass is 31.3. The Morgan fingerprint density at radius 2 is 1.53 bits per heavy atom. The van der Waals surface area contributed by atoms with Gasteiger partial charge in [-0.1, -0.05) is 6.58 Å². The van der Waals surface area contributed by atoms with E-state index in [-0.39, 0.29) is 0 Å². The molecule has 9 nitrogen and oxygen atoms in total. The number of carbonyl (C=O) groups is 1. The van der Waals surface area contributed by atoms with Crippen LogP contribution in [0.25, 0.3) is 0 Å². The van der Waals surface area contributed by atoms with Gasteiger partial charge in [-0.25, -0.2) is 13.9 Å². The van der Waals surface area contributed by atoms with Crippen LogP contribution in [0.5, 0.6) is 0 Å². The highest BCUT2D eigenvalue weighted by Gasteiger charge is 2.27. The lowest BCUT2D eigenvalue weighted by atomic mass is 10.7. The van der Waals surface area contributed by atoms with Crippen molar-refractivity contribution in [2.75, 3.05) is 7.11 Å². The molecule has 0 atom stereocenters. The molecule has 90 valence electrons. The first-order valence-corrected chi connectivity index (χ1v) is 6.10. The van der Waals surface area contributed by atoms with Gasteiger partial charge in [0.2, 0.25) is 0 Å². The number of ether oxygens (including phenoxy) is 1. The van der Waals surface area contributed by atoms with E-state index in [1.807, 2.05) is 0 Å². The largest absolute Gasteiger partial charge is 0.478 e. The third kappa shape index (κ3) is 19.8. The topological polar surface area (TPSA) is 151 Å². The minimum Gasteiger partial charge on any atom is -0.466 e. The van der Waals surface area contributed by atoms with Crippen LogP contribution in [0.2, 0.25) is 0 Å². The van der Waals surface area contributed by atoms with Crippen molar-refractivity contribution in [1.29, 1.82) is 0 Å². The highest BCUT2D eigenvalue weighted by molar-refractivity contribution is 7.60. The number of carbonyl (C=O) groups excluding carboxylic acids is 1. The summed E-state index contributed by atoms with van der Waals surface area (Å²) in [6.45, 7) is 3.16. The van der Waals surface area contributed by atoms with Crippen LogP contribution in [0, 0.1) is 0 Å². The normalized spacial score (nSPS) is 11.0. The lowest BCUT2D eigenvalue weighted by molar-refractivity contribution is -0.134. The van der Waals surface area contributed by atoms with Crippen molar-refractivity contribution in [1.82, 2.24) is 0 Å². The molecule has 0 saturated heterocycles. The van der Waals surface area contributed by atoms with Crippen molar-refractivity contribution in [3.63, 3.8) is 0 Å². The van der Waals surface area contributed by atoms with E-state index in [1.165, 1.54) is 7.11 Å². The fourth-order valence-electron chi connectivity index (χ4n) is 0.222. The first-order valence-electron chi connectivity index (χ1n) is 3.04. The average Bonchev–Trinajstić information content (AvgIpc) is 1.97. The molecule has 0 saturated carbocycles. The van der Waals surface area contributed by atoms with Crippen LogP contribution >= 0.6 is 15.6 Å². The third-order valence-corrected chi connectivity index (χ3v) is 2.28. The van der Waals surface area contributed by atoms with E-state index in [0.717, 1.165) is 6.08 Å². The minimum absolute atomic E-state index is 0.394. The molecule has 0 heterocycles. The van der Waals surface area contributed by atoms with E-state index in [2.05, 4.69) is 15.6 Å². The molecule has 15 heavy (non-hydrogen) atoms. The molecular formula is C4H10O9P2. The van der Waals surface area contributed by atoms with Gasteiger partial charge in [0, 0.05) is 6.08 Å². The number of phosphoric acid groups is 2. The lowest BCUT2D eigenvalue weighted by Gasteiger charge is -2.03. The third-order valence-electron chi connectivity index (χ3n) is 0.581. The van der Waals surface area contributed by atoms with Crippen LogP contribution in [0.1, 0.15) is 0 Å². The summed E-state index contributed by atoms with van der Waals surface area (Å²) in [5, 5.41) is 0. The van der Waals surface area contributed by atoms with Crippen molar-refractivity contribution >= 4 is 21.6 Å². The molecule has 0 aromatic heterocycles. The van der Waals surface area contributed by atoms with E-state index in [0.29, 0.717) is 0 Å². The quantitative estimate of drug-likeness (QED) is 0.301. The van der Waals surface area contributed by atoms with Gasteiger partial charge in [0.1, 0.15) is 0 Å². The lowest BCUT2D eigenvalue weighted by Crippen LogP contribution is -1.91. The SMILES string of the molecule is C=CC(=O)OC.O=P(O)(O)OP(=O)(O)O. The molecule has 11 heteroatoms. The zero-order valence-electron chi connectivity index (χ0n) is 7.51. The predicted octanol–water partition coefficient (Wildman–Crippen LogP) is -0.466. The molecule has 4 N–H and O–H groups in total. The summed E-state index contributed by atoms with van der Waals surface area (Å²) in [7, 11) is -8.79. The van der Waals surface area contributed by atoms with Crippen molar-refractivity contribution in [2.45, 2.75) is 0 Å². The maximum Gasteiger partial charge on any atom is 0.478 e. The number of hydrogen-bond donors (Lipinski definition) is 4. The van der Waals surface area contributed by atoms with Crippen LogP contribution in [0.15, 0.2) is 12.7 Å². The Morgan fingerprint density at radius 1 is 1.20 bits per heavy atom. The summed E-state index contributed by atoms with van der Waals surface area (Å²) >= 11 is 0. The smallest absolute Gasteiger partial charge is 0.466 e. The molecule has 0 rings (SSSR count). The number of rotatable bonds is 3. The van der Waals surface area contributed by atoms with Crippen LogP contribution in [0.4, 0.5) is 0 Å². The predicted molar refractivity (Wildman–Crippen MR) is 47.4 cm³/mol. The minimum atomic E-state index is -5.05. The highest BCUT2D eigenvalue weighted by Crippen LogP contribution is 2.53. The van der Waals surface area contributed by atoms with Crippen LogP contribution in [-0.4, -0.2) is 32.7 Å². The summed E-state index contributed by atoms with van der Waals surface area (Å²) in [6, 6.07) is 0. The van der Waals surface area contributed by atoms with Crippen LogP contribution in [-0.2, 0) is 23.0 Å². The Morgan fingerprint density at radius 3 is 1.53 bits per heavy atom. The van der Waals surface area contributed by atoms with Gasteiger partial charge in [-0.3, -0.25) is 0 Å². The standard InChI is InChI=1S/C4H6O2.H4O7P2/c1-3-4(5)6-2;1-8(2,3)7-9(4,5)6/h3H,1H2,2H3;(H2,1,2,3)(H2,4,5,6). The van der Waals surface area contributed by atoms with Gasteiger partial charge in [-0.05, 0) is 0 Å². The molecule has 0 bridgehead atoms. The van der Waals surface area contributed by atoms with Gasteiger partial charge < -0.3 is 24.3 Å². The van der Waals surface area contributed by atoms with Gasteiger partial charge in [0.05, 0.1) is 7.11 Å². The summed E-state index contributed by atoms with van der Waals surface area (Å²) < 4.78 is 26.4. The molecule has 0 spiro atoms. The Kier molecular flexibility index (Phi) is 7.72. The summed E-state index contributed by atoms with van der Waals surface area (Å²) in [4.78, 5) is 40.8. The second kappa shape index (κ2) is 6.86. The molecule has 0 fully saturated rings. The maximum atomic E-state index is 9.84. The number of esters is 1. The zero-order valence-corrected chi connectivity index (χ0v) is 9.30. The molecule has 0 aliphatic heterocycles. The maximum absolute atomic E-state index is 9.84. The van der Waals surface area contributed by atoms with E-state index >= 15 is 0 Å². The molecule has 0 radical (unpaired) electrons. The number of hydrogen-bond acceptors (Lipinski definition) is 5. The fourth-order valence-corrected chi connectivity index (χ4v) is 1.33. The Hall–Kier alpha value is -0.530. The Bertz CT molecular complexity index is 277. The summed E-state index contributed by atoms with van der Waals surface area (Å²) in [5.41, 5.74) is 0. The van der Waals surface area contributed by atoms with E-state index in [1.54, 1.807) is 0 Å². The molecule has 0 aliphatic carbocycles. The molecule has 0 aliphatic rings. The average molecular weight is 264 g/mol. The van der Waals surface area contributed by atoms with E-state index in [4.69, 9.17) is 19.6 Å². The van der Waals surface area contributed by atoms with Gasteiger partial charge in [-0.15, -0.1) is 0 Å². The van der Waals surface area contributed by atoms with E-state index in [9.17, 15) is 13.9 Å². The molecular weight excluding hydrogens is 254 g/mol. The van der Waals surface area contributed by atoms with Gasteiger partial charge in [0.25, 0.3) is 0 Å². The van der Waals surface area contributed by atoms with Gasteiger partial charge in [0.15, 0.2) is 0 Å². The molecule has 0 amide bonds. The second-order valence-electron chi connectivity index (χ2n) is 1.79. The zero-order chi connectivity index (χ0) is 12.7. The second-order valence-corrected chi connectivity index (χ2v) is 4.41. The molecule has 0 aromatic carbocycles. The van der Waals surface area contributed by atoms with Crippen molar-refractivity contribution in [2.24, 2.45) is 0 Å². The van der Waals surface area contributed by atoms with Crippen molar-refractivity contribution in [3.05, 3.63) is 12.7 Å². The van der Waals surface area contributed by atoms with E-state index < -0.39 is 21.6 Å². The first-order chi connectivity index (χ1) is 6.52. The Balaban J connectivity index is 0. The molecule has 0 unspecified atom stereocenters. The fraction of sp³-hybridized carbons (Fsp3) is 0.250. The Labute approximate surface area is 84.8 Å².